The van der Waals surface area contributed by atoms with Crippen LogP contribution in [0.4, 0.5) is 5.82 Å². The van der Waals surface area contributed by atoms with Crippen LogP contribution in [0.2, 0.25) is 5.02 Å². The Labute approximate surface area is 134 Å². The van der Waals surface area contributed by atoms with Gasteiger partial charge in [0.25, 0.3) is 0 Å². The van der Waals surface area contributed by atoms with Gasteiger partial charge >= 0.3 is 0 Å². The number of nitriles is 1. The summed E-state index contributed by atoms with van der Waals surface area (Å²) in [6.45, 7) is 2.97. The van der Waals surface area contributed by atoms with Crippen molar-refractivity contribution in [3.05, 3.63) is 53.4 Å². The number of halogens is 1. The zero-order valence-corrected chi connectivity index (χ0v) is 12.8. The number of nitrogens with zero attached hydrogens (tertiary/aromatic N) is 5. The number of hydrogen-bond donors (Lipinski definition) is 0. The highest BCUT2D eigenvalue weighted by Crippen LogP contribution is 2.24. The predicted molar refractivity (Wildman–Crippen MR) is 85.5 cm³/mol. The van der Waals surface area contributed by atoms with Crippen LogP contribution >= 0.6 is 11.6 Å². The molecule has 1 aromatic carbocycles. The Hall–Kier alpha value is -2.16. The van der Waals surface area contributed by atoms with Gasteiger partial charge in [0.05, 0.1) is 12.3 Å². The fourth-order valence-corrected chi connectivity index (χ4v) is 2.91. The highest BCUT2D eigenvalue weighted by Gasteiger charge is 2.28. The molecule has 2 aromatic rings. The first-order valence-electron chi connectivity index (χ1n) is 7.16. The largest absolute Gasteiger partial charge is 0.351 e. The van der Waals surface area contributed by atoms with E-state index in [2.05, 4.69) is 38.0 Å². The first-order chi connectivity index (χ1) is 10.8. The van der Waals surface area contributed by atoms with Crippen LogP contribution in [0.1, 0.15) is 5.56 Å². The molecular weight excluding hydrogens is 298 g/mol. The van der Waals surface area contributed by atoms with Crippen molar-refractivity contribution in [3.63, 3.8) is 0 Å². The van der Waals surface area contributed by atoms with Crippen molar-refractivity contribution in [2.24, 2.45) is 0 Å². The summed E-state index contributed by atoms with van der Waals surface area (Å²) < 4.78 is 0. The monoisotopic (exact) mass is 313 g/mol. The molecule has 0 N–H and O–H groups in total. The van der Waals surface area contributed by atoms with Crippen molar-refractivity contribution >= 4 is 17.4 Å². The van der Waals surface area contributed by atoms with Crippen LogP contribution in [-0.2, 0) is 6.54 Å². The van der Waals surface area contributed by atoms with Gasteiger partial charge in [0.15, 0.2) is 5.82 Å². The summed E-state index contributed by atoms with van der Waals surface area (Å²) >= 11 is 6.15. The fraction of sp³-hybridized carbons (Fsp3) is 0.312. The number of benzene rings is 1. The normalized spacial score (nSPS) is 18.9. The van der Waals surface area contributed by atoms with Gasteiger partial charge in [0.1, 0.15) is 17.4 Å². The van der Waals surface area contributed by atoms with Crippen molar-refractivity contribution in [1.82, 2.24) is 14.9 Å². The Morgan fingerprint density at radius 1 is 1.27 bits per heavy atom. The number of piperazine rings is 1. The maximum Gasteiger partial charge on any atom is 0.150 e. The average molecular weight is 314 g/mol. The second-order valence-electron chi connectivity index (χ2n) is 5.24. The maximum atomic E-state index is 9.49. The van der Waals surface area contributed by atoms with Crippen LogP contribution < -0.4 is 4.90 Å². The van der Waals surface area contributed by atoms with E-state index in [-0.39, 0.29) is 6.04 Å². The molecule has 0 spiro atoms. The highest BCUT2D eigenvalue weighted by atomic mass is 35.5. The second-order valence-corrected chi connectivity index (χ2v) is 5.65. The number of rotatable bonds is 3. The van der Waals surface area contributed by atoms with Crippen molar-refractivity contribution in [2.45, 2.75) is 12.6 Å². The topological polar surface area (TPSA) is 56.1 Å². The van der Waals surface area contributed by atoms with Gasteiger partial charge in [-0.15, -0.1) is 0 Å². The third kappa shape index (κ3) is 3.19. The van der Waals surface area contributed by atoms with Gasteiger partial charge in [-0.25, -0.2) is 9.97 Å². The third-order valence-corrected chi connectivity index (χ3v) is 4.08. The molecule has 1 saturated heterocycles. The van der Waals surface area contributed by atoms with Gasteiger partial charge in [-0.2, -0.15) is 5.26 Å². The van der Waals surface area contributed by atoms with E-state index in [1.807, 2.05) is 18.2 Å². The lowest BCUT2D eigenvalue weighted by atomic mass is 10.1. The first-order valence-corrected chi connectivity index (χ1v) is 7.54. The molecule has 1 fully saturated rings. The molecule has 2 heterocycles. The molecular formula is C16H16ClN5. The summed E-state index contributed by atoms with van der Waals surface area (Å²) in [5, 5.41) is 10.0. The van der Waals surface area contributed by atoms with Crippen LogP contribution in [0.5, 0.6) is 0 Å². The van der Waals surface area contributed by atoms with E-state index in [4.69, 9.17) is 11.6 Å². The molecule has 112 valence electrons. The van der Waals surface area contributed by atoms with Crippen LogP contribution in [-0.4, -0.2) is 40.5 Å². The fourth-order valence-electron chi connectivity index (χ4n) is 2.68. The zero-order valence-electron chi connectivity index (χ0n) is 12.1. The Morgan fingerprint density at radius 3 is 2.82 bits per heavy atom. The smallest absolute Gasteiger partial charge is 0.150 e. The highest BCUT2D eigenvalue weighted by molar-refractivity contribution is 6.32. The predicted octanol–water partition coefficient (Wildman–Crippen LogP) is 2.34. The lowest BCUT2D eigenvalue weighted by Crippen LogP contribution is -2.52. The lowest BCUT2D eigenvalue weighted by Gasteiger charge is -2.39. The van der Waals surface area contributed by atoms with E-state index >= 15 is 0 Å². The Kier molecular flexibility index (Phi) is 4.52. The van der Waals surface area contributed by atoms with E-state index in [1.165, 1.54) is 11.9 Å². The molecule has 22 heavy (non-hydrogen) atoms. The number of aromatic nitrogens is 2. The van der Waals surface area contributed by atoms with E-state index in [0.29, 0.717) is 17.4 Å². The summed E-state index contributed by atoms with van der Waals surface area (Å²) in [5.74, 6) is 0.705. The van der Waals surface area contributed by atoms with Crippen molar-refractivity contribution in [3.8, 4) is 6.07 Å². The zero-order chi connectivity index (χ0) is 15.4. The van der Waals surface area contributed by atoms with E-state index in [0.717, 1.165) is 19.6 Å². The minimum absolute atomic E-state index is 0.181. The summed E-state index contributed by atoms with van der Waals surface area (Å²) in [6, 6.07) is 12.4. The number of anilines is 1. The summed E-state index contributed by atoms with van der Waals surface area (Å²) in [5.41, 5.74) is 1.22. The average Bonchev–Trinajstić information content (AvgIpc) is 2.57. The van der Waals surface area contributed by atoms with Crippen molar-refractivity contribution in [2.75, 3.05) is 24.5 Å². The second kappa shape index (κ2) is 6.73. The van der Waals surface area contributed by atoms with Crippen LogP contribution in [0.25, 0.3) is 0 Å². The minimum atomic E-state index is -0.181. The quantitative estimate of drug-likeness (QED) is 0.870. The van der Waals surface area contributed by atoms with Gasteiger partial charge in [-0.1, -0.05) is 41.9 Å². The standard InChI is InChI=1S/C16H16ClN5/c17-15-9-19-12-20-16(15)22-7-6-21(14(8-18)11-22)10-13-4-2-1-3-5-13/h1-5,9,12,14H,6-7,10-11H2. The summed E-state index contributed by atoms with van der Waals surface area (Å²) in [4.78, 5) is 12.4. The van der Waals surface area contributed by atoms with Crippen molar-refractivity contribution in [1.29, 1.82) is 5.26 Å². The van der Waals surface area contributed by atoms with Gasteiger partial charge in [-0.3, -0.25) is 4.90 Å². The molecule has 0 radical (unpaired) electrons. The molecule has 0 saturated carbocycles. The Morgan fingerprint density at radius 2 is 2.09 bits per heavy atom. The number of hydrogen-bond acceptors (Lipinski definition) is 5. The van der Waals surface area contributed by atoms with Gasteiger partial charge in [0, 0.05) is 26.2 Å². The van der Waals surface area contributed by atoms with E-state index in [1.54, 1.807) is 6.20 Å². The molecule has 6 heteroatoms. The molecule has 1 atom stereocenters. The van der Waals surface area contributed by atoms with Gasteiger partial charge in [0.2, 0.25) is 0 Å². The minimum Gasteiger partial charge on any atom is -0.351 e. The molecule has 5 nitrogen and oxygen atoms in total. The molecule has 3 rings (SSSR count). The molecule has 0 amide bonds. The SMILES string of the molecule is N#CC1CN(c2ncncc2Cl)CCN1Cc1ccccc1. The summed E-state index contributed by atoms with van der Waals surface area (Å²) in [7, 11) is 0. The van der Waals surface area contributed by atoms with Crippen LogP contribution in [0.15, 0.2) is 42.9 Å². The Balaban J connectivity index is 1.72. The van der Waals surface area contributed by atoms with E-state index in [9.17, 15) is 5.26 Å². The molecule has 1 aromatic heterocycles. The molecule has 0 aliphatic carbocycles. The Bertz CT molecular complexity index is 670. The molecule has 1 aliphatic rings. The lowest BCUT2D eigenvalue weighted by molar-refractivity contribution is 0.204. The molecule has 1 unspecified atom stereocenters. The van der Waals surface area contributed by atoms with Crippen LogP contribution in [0.3, 0.4) is 0 Å². The third-order valence-electron chi connectivity index (χ3n) is 3.82. The van der Waals surface area contributed by atoms with E-state index < -0.39 is 0 Å². The molecule has 0 bridgehead atoms. The molecule has 1 aliphatic heterocycles. The van der Waals surface area contributed by atoms with Crippen LogP contribution in [0, 0.1) is 11.3 Å². The summed E-state index contributed by atoms with van der Waals surface area (Å²) in [6.07, 6.45) is 3.07. The maximum absolute atomic E-state index is 9.49. The van der Waals surface area contributed by atoms with Crippen molar-refractivity contribution < 1.29 is 0 Å². The first kappa shape index (κ1) is 14.8. The van der Waals surface area contributed by atoms with Gasteiger partial charge < -0.3 is 4.90 Å². The van der Waals surface area contributed by atoms with Gasteiger partial charge in [-0.05, 0) is 5.56 Å².